The highest BCUT2D eigenvalue weighted by molar-refractivity contribution is 5.94. The highest BCUT2D eigenvalue weighted by Gasteiger charge is 2.20. The van der Waals surface area contributed by atoms with Gasteiger partial charge in [-0.3, -0.25) is 15.6 Å². The van der Waals surface area contributed by atoms with E-state index in [4.69, 9.17) is 4.74 Å². The van der Waals surface area contributed by atoms with Crippen molar-refractivity contribution in [2.45, 2.75) is 19.3 Å². The fourth-order valence-corrected chi connectivity index (χ4v) is 3.32. The van der Waals surface area contributed by atoms with Crippen molar-refractivity contribution in [2.75, 3.05) is 54.6 Å². The van der Waals surface area contributed by atoms with Crippen molar-refractivity contribution in [2.24, 2.45) is 0 Å². The normalized spacial score (nSPS) is 17.3. The van der Waals surface area contributed by atoms with Crippen LogP contribution in [0.2, 0.25) is 0 Å². The molecule has 0 atom stereocenters. The van der Waals surface area contributed by atoms with E-state index in [-0.39, 0.29) is 5.91 Å². The molecule has 28 heavy (non-hydrogen) atoms. The van der Waals surface area contributed by atoms with Gasteiger partial charge in [-0.2, -0.15) is 15.0 Å². The lowest BCUT2D eigenvalue weighted by Gasteiger charge is -2.30. The Kier molecular flexibility index (Phi) is 5.81. The number of ether oxygens (including phenoxy) is 1. The molecule has 2 aromatic rings. The van der Waals surface area contributed by atoms with E-state index in [1.54, 1.807) is 12.1 Å². The zero-order valence-electron chi connectivity index (χ0n) is 15.8. The second kappa shape index (κ2) is 8.83. The molecule has 2 aliphatic rings. The van der Waals surface area contributed by atoms with Crippen LogP contribution >= 0.6 is 0 Å². The first-order valence-electron chi connectivity index (χ1n) is 9.75. The minimum absolute atomic E-state index is 0.242. The smallest absolute Gasteiger partial charge is 0.269 e. The van der Waals surface area contributed by atoms with Crippen molar-refractivity contribution in [1.82, 2.24) is 20.4 Å². The zero-order chi connectivity index (χ0) is 19.2. The number of hydrazine groups is 1. The van der Waals surface area contributed by atoms with Gasteiger partial charge in [0.15, 0.2) is 0 Å². The Morgan fingerprint density at radius 2 is 1.50 bits per heavy atom. The minimum Gasteiger partial charge on any atom is -0.378 e. The summed E-state index contributed by atoms with van der Waals surface area (Å²) in [6, 6.07) is 9.02. The average molecular weight is 383 g/mol. The molecule has 0 bridgehead atoms. The van der Waals surface area contributed by atoms with E-state index < -0.39 is 0 Å². The number of anilines is 3. The molecule has 2 fully saturated rings. The number of carbonyl (C=O) groups excluding carboxylic acids is 1. The molecule has 1 amide bonds. The molecule has 4 rings (SSSR count). The number of nitrogens with zero attached hydrogens (tertiary/aromatic N) is 5. The summed E-state index contributed by atoms with van der Waals surface area (Å²) in [5.74, 6) is 1.35. The molecule has 0 saturated carbocycles. The van der Waals surface area contributed by atoms with Crippen molar-refractivity contribution >= 4 is 23.8 Å². The van der Waals surface area contributed by atoms with E-state index in [9.17, 15) is 4.79 Å². The molecule has 9 heteroatoms. The third-order valence-electron chi connectivity index (χ3n) is 4.87. The van der Waals surface area contributed by atoms with Gasteiger partial charge in [-0.05, 0) is 31.4 Å². The third kappa shape index (κ3) is 4.48. The summed E-state index contributed by atoms with van der Waals surface area (Å²) in [6.07, 6.45) is 3.49. The van der Waals surface area contributed by atoms with Crippen LogP contribution in [0.4, 0.5) is 17.8 Å². The molecular weight excluding hydrogens is 358 g/mol. The van der Waals surface area contributed by atoms with Crippen LogP contribution in [-0.2, 0) is 4.74 Å². The van der Waals surface area contributed by atoms with Crippen LogP contribution < -0.4 is 20.7 Å². The van der Waals surface area contributed by atoms with Crippen LogP contribution in [0.15, 0.2) is 30.3 Å². The number of carbonyl (C=O) groups is 1. The minimum atomic E-state index is -0.242. The Morgan fingerprint density at radius 3 is 2.18 bits per heavy atom. The quantitative estimate of drug-likeness (QED) is 0.749. The monoisotopic (exact) mass is 383 g/mol. The number of piperidine rings is 1. The highest BCUT2D eigenvalue weighted by atomic mass is 16.5. The lowest BCUT2D eigenvalue weighted by atomic mass is 10.1. The van der Waals surface area contributed by atoms with Gasteiger partial charge in [0, 0.05) is 31.7 Å². The summed E-state index contributed by atoms with van der Waals surface area (Å²) < 4.78 is 5.43. The Morgan fingerprint density at radius 1 is 0.857 bits per heavy atom. The fourth-order valence-electron chi connectivity index (χ4n) is 3.32. The molecule has 9 nitrogen and oxygen atoms in total. The SMILES string of the molecule is O=C(NNc1nc(N2CCCCC2)nc(N2CCOCC2)n1)c1ccccc1. The Labute approximate surface area is 164 Å². The highest BCUT2D eigenvalue weighted by Crippen LogP contribution is 2.20. The van der Waals surface area contributed by atoms with Gasteiger partial charge in [0.05, 0.1) is 13.2 Å². The van der Waals surface area contributed by atoms with Crippen molar-refractivity contribution in [3.05, 3.63) is 35.9 Å². The summed E-state index contributed by atoms with van der Waals surface area (Å²) in [7, 11) is 0. The summed E-state index contributed by atoms with van der Waals surface area (Å²) >= 11 is 0. The van der Waals surface area contributed by atoms with Crippen LogP contribution in [-0.4, -0.2) is 60.3 Å². The third-order valence-corrected chi connectivity index (χ3v) is 4.87. The first kappa shape index (κ1) is 18.4. The first-order valence-corrected chi connectivity index (χ1v) is 9.75. The number of nitrogens with one attached hydrogen (secondary N) is 2. The Balaban J connectivity index is 1.53. The topological polar surface area (TPSA) is 95.5 Å². The summed E-state index contributed by atoms with van der Waals surface area (Å²) in [4.78, 5) is 30.3. The molecule has 1 aromatic carbocycles. The Bertz CT molecular complexity index is 754. The predicted octanol–water partition coefficient (Wildman–Crippen LogP) is 1.46. The van der Waals surface area contributed by atoms with Crippen LogP contribution in [0.25, 0.3) is 0 Å². The molecule has 2 saturated heterocycles. The maximum Gasteiger partial charge on any atom is 0.269 e. The van der Waals surface area contributed by atoms with Crippen LogP contribution in [0.1, 0.15) is 29.6 Å². The van der Waals surface area contributed by atoms with Gasteiger partial charge in [-0.15, -0.1) is 0 Å². The number of rotatable bonds is 5. The van der Waals surface area contributed by atoms with Gasteiger partial charge in [0.1, 0.15) is 0 Å². The summed E-state index contributed by atoms with van der Waals surface area (Å²) in [5.41, 5.74) is 6.09. The maximum atomic E-state index is 12.3. The molecule has 148 valence electrons. The summed E-state index contributed by atoms with van der Waals surface area (Å²) in [5, 5.41) is 0. The predicted molar refractivity (Wildman–Crippen MR) is 106 cm³/mol. The van der Waals surface area contributed by atoms with Crippen molar-refractivity contribution in [1.29, 1.82) is 0 Å². The van der Waals surface area contributed by atoms with Crippen LogP contribution in [0.3, 0.4) is 0 Å². The van der Waals surface area contributed by atoms with E-state index in [2.05, 4.69) is 35.6 Å². The second-order valence-electron chi connectivity index (χ2n) is 6.85. The van der Waals surface area contributed by atoms with E-state index in [0.717, 1.165) is 39.0 Å². The van der Waals surface area contributed by atoms with E-state index in [0.29, 0.717) is 36.6 Å². The van der Waals surface area contributed by atoms with Crippen molar-refractivity contribution in [3.8, 4) is 0 Å². The second-order valence-corrected chi connectivity index (χ2v) is 6.85. The lowest BCUT2D eigenvalue weighted by molar-refractivity contribution is 0.0962. The van der Waals surface area contributed by atoms with Crippen molar-refractivity contribution in [3.63, 3.8) is 0 Å². The van der Waals surface area contributed by atoms with Gasteiger partial charge in [-0.1, -0.05) is 18.2 Å². The largest absolute Gasteiger partial charge is 0.378 e. The first-order chi connectivity index (χ1) is 13.8. The number of aromatic nitrogens is 3. The van der Waals surface area contributed by atoms with E-state index in [1.165, 1.54) is 6.42 Å². The molecule has 2 N–H and O–H groups in total. The number of amides is 1. The van der Waals surface area contributed by atoms with Gasteiger partial charge in [-0.25, -0.2) is 0 Å². The number of hydrogen-bond donors (Lipinski definition) is 2. The summed E-state index contributed by atoms with van der Waals surface area (Å²) in [6.45, 7) is 4.64. The van der Waals surface area contributed by atoms with E-state index >= 15 is 0 Å². The molecule has 1 aromatic heterocycles. The van der Waals surface area contributed by atoms with E-state index in [1.807, 2.05) is 18.2 Å². The van der Waals surface area contributed by atoms with Crippen molar-refractivity contribution < 1.29 is 9.53 Å². The number of benzene rings is 1. The van der Waals surface area contributed by atoms with Gasteiger partial charge in [0.25, 0.3) is 5.91 Å². The molecule has 0 aliphatic carbocycles. The zero-order valence-corrected chi connectivity index (χ0v) is 15.8. The fraction of sp³-hybridized carbons (Fsp3) is 0.474. The standard InChI is InChI=1S/C19H25N7O2/c27-16(15-7-3-1-4-8-15)23-24-17-20-18(25-9-5-2-6-10-25)22-19(21-17)26-11-13-28-14-12-26/h1,3-4,7-8H,2,5-6,9-14H2,(H,23,27)(H,20,21,22,24). The van der Waals surface area contributed by atoms with Crippen LogP contribution in [0.5, 0.6) is 0 Å². The van der Waals surface area contributed by atoms with Gasteiger partial charge in [0.2, 0.25) is 17.8 Å². The molecular formula is C19H25N7O2. The average Bonchev–Trinajstić information content (AvgIpc) is 2.79. The molecule has 3 heterocycles. The number of hydrogen-bond acceptors (Lipinski definition) is 8. The maximum absolute atomic E-state index is 12.3. The van der Waals surface area contributed by atoms with Gasteiger partial charge >= 0.3 is 0 Å². The van der Waals surface area contributed by atoms with Crippen LogP contribution in [0, 0.1) is 0 Å². The molecule has 0 unspecified atom stereocenters. The Hall–Kier alpha value is -2.94. The molecule has 2 aliphatic heterocycles. The lowest BCUT2D eigenvalue weighted by Crippen LogP contribution is -2.39. The molecule has 0 radical (unpaired) electrons. The van der Waals surface area contributed by atoms with Gasteiger partial charge < -0.3 is 14.5 Å². The number of morpholine rings is 1. The molecule has 0 spiro atoms.